The van der Waals surface area contributed by atoms with E-state index in [1.54, 1.807) is 29.1 Å². The second-order valence-corrected chi connectivity index (χ2v) is 5.04. The molecule has 0 aliphatic carbocycles. The molecule has 3 aromatic rings. The van der Waals surface area contributed by atoms with E-state index in [1.807, 2.05) is 36.5 Å². The van der Waals surface area contributed by atoms with E-state index in [0.29, 0.717) is 18.0 Å². The van der Waals surface area contributed by atoms with Gasteiger partial charge in [-0.2, -0.15) is 10.4 Å². The van der Waals surface area contributed by atoms with Crippen LogP contribution in [0.2, 0.25) is 0 Å². The van der Waals surface area contributed by atoms with Gasteiger partial charge in [0.2, 0.25) is 0 Å². The molecule has 0 spiro atoms. The lowest BCUT2D eigenvalue weighted by atomic mass is 10.2. The maximum atomic E-state index is 12.2. The molecule has 2 aromatic heterocycles. The fourth-order valence-electron chi connectivity index (χ4n) is 2.19. The van der Waals surface area contributed by atoms with E-state index in [-0.39, 0.29) is 5.57 Å². The molecule has 118 valence electrons. The number of hydrogen-bond donors (Lipinski definition) is 1. The summed E-state index contributed by atoms with van der Waals surface area (Å²) in [6.07, 6.45) is 6.47. The zero-order valence-electron chi connectivity index (χ0n) is 12.7. The first-order valence-electron chi connectivity index (χ1n) is 7.27. The monoisotopic (exact) mass is 318 g/mol. The Hall–Kier alpha value is -3.59. The quantitative estimate of drug-likeness (QED) is 0.579. The summed E-state index contributed by atoms with van der Waals surface area (Å²) in [6.45, 7) is 0.601. The lowest BCUT2D eigenvalue weighted by Gasteiger charge is -2.07. The van der Waals surface area contributed by atoms with Crippen molar-refractivity contribution in [1.29, 1.82) is 5.26 Å². The van der Waals surface area contributed by atoms with Gasteiger partial charge in [0.15, 0.2) is 0 Å². The van der Waals surface area contributed by atoms with Gasteiger partial charge in [-0.1, -0.05) is 12.1 Å². The maximum absolute atomic E-state index is 12.2. The average Bonchev–Trinajstić information content (AvgIpc) is 3.26. The Labute approximate surface area is 138 Å². The highest BCUT2D eigenvalue weighted by Crippen LogP contribution is 2.14. The van der Waals surface area contributed by atoms with Crippen LogP contribution in [0.4, 0.5) is 5.69 Å². The summed E-state index contributed by atoms with van der Waals surface area (Å²) in [4.78, 5) is 12.2. The molecule has 0 unspecified atom stereocenters. The van der Waals surface area contributed by atoms with Crippen LogP contribution in [0.15, 0.2) is 71.1 Å². The Kier molecular flexibility index (Phi) is 4.54. The predicted octanol–water partition coefficient (Wildman–Crippen LogP) is 3.07. The van der Waals surface area contributed by atoms with Crippen LogP contribution < -0.4 is 5.32 Å². The number of nitriles is 1. The van der Waals surface area contributed by atoms with E-state index in [0.717, 1.165) is 5.56 Å². The Morgan fingerprint density at radius 3 is 2.96 bits per heavy atom. The van der Waals surface area contributed by atoms with Crippen molar-refractivity contribution in [2.24, 2.45) is 0 Å². The van der Waals surface area contributed by atoms with Gasteiger partial charge in [0.05, 0.1) is 12.8 Å². The number of amides is 1. The number of carbonyl (C=O) groups is 1. The van der Waals surface area contributed by atoms with Crippen LogP contribution in [0, 0.1) is 11.3 Å². The van der Waals surface area contributed by atoms with Crippen molar-refractivity contribution in [2.45, 2.75) is 6.54 Å². The fourth-order valence-corrected chi connectivity index (χ4v) is 2.19. The minimum Gasteiger partial charge on any atom is -0.465 e. The molecule has 6 nitrogen and oxygen atoms in total. The highest BCUT2D eigenvalue weighted by atomic mass is 16.3. The minimum absolute atomic E-state index is 0.0255. The number of carbonyl (C=O) groups excluding carboxylic acids is 1. The molecule has 24 heavy (non-hydrogen) atoms. The van der Waals surface area contributed by atoms with Gasteiger partial charge in [0.25, 0.3) is 5.91 Å². The van der Waals surface area contributed by atoms with Crippen molar-refractivity contribution >= 4 is 17.7 Å². The maximum Gasteiger partial charge on any atom is 0.266 e. The lowest BCUT2D eigenvalue weighted by molar-refractivity contribution is -0.112. The van der Waals surface area contributed by atoms with Crippen LogP contribution in [-0.2, 0) is 11.3 Å². The smallest absolute Gasteiger partial charge is 0.266 e. The van der Waals surface area contributed by atoms with E-state index in [1.165, 1.54) is 12.3 Å². The summed E-state index contributed by atoms with van der Waals surface area (Å²) in [5.74, 6) is -0.0285. The number of furan rings is 1. The number of nitrogens with zero attached hydrogens (tertiary/aromatic N) is 3. The highest BCUT2D eigenvalue weighted by Gasteiger charge is 2.10. The first kappa shape index (κ1) is 15.3. The normalized spacial score (nSPS) is 11.0. The van der Waals surface area contributed by atoms with Gasteiger partial charge < -0.3 is 9.73 Å². The van der Waals surface area contributed by atoms with Crippen molar-refractivity contribution in [3.63, 3.8) is 0 Å². The summed E-state index contributed by atoms with van der Waals surface area (Å²) >= 11 is 0. The molecule has 0 fully saturated rings. The van der Waals surface area contributed by atoms with Gasteiger partial charge in [0, 0.05) is 24.2 Å². The summed E-state index contributed by atoms with van der Waals surface area (Å²) in [5.41, 5.74) is 1.58. The summed E-state index contributed by atoms with van der Waals surface area (Å²) in [6, 6.07) is 14.5. The standard InChI is InChI=1S/C18H14N4O2/c19-12-15(11-17-6-2-9-24-17)18(23)21-16-5-1-4-14(10-16)13-22-8-3-7-20-22/h1-11H,13H2,(H,21,23). The average molecular weight is 318 g/mol. The van der Waals surface area contributed by atoms with Gasteiger partial charge in [-0.15, -0.1) is 0 Å². The Balaban J connectivity index is 1.73. The summed E-state index contributed by atoms with van der Waals surface area (Å²) in [7, 11) is 0. The van der Waals surface area contributed by atoms with Crippen LogP contribution in [0.1, 0.15) is 11.3 Å². The Bertz CT molecular complexity index is 888. The molecule has 0 saturated heterocycles. The van der Waals surface area contributed by atoms with E-state index in [2.05, 4.69) is 10.4 Å². The molecule has 0 saturated carbocycles. The van der Waals surface area contributed by atoms with E-state index >= 15 is 0 Å². The third-order valence-corrected chi connectivity index (χ3v) is 3.28. The molecule has 1 aromatic carbocycles. The topological polar surface area (TPSA) is 83.9 Å². The molecule has 1 N–H and O–H groups in total. The van der Waals surface area contributed by atoms with E-state index in [4.69, 9.17) is 9.68 Å². The molecular formula is C18H14N4O2. The number of aromatic nitrogens is 2. The summed E-state index contributed by atoms with van der Waals surface area (Å²) in [5, 5.41) is 16.0. The fraction of sp³-hybridized carbons (Fsp3) is 0.0556. The molecule has 0 radical (unpaired) electrons. The Morgan fingerprint density at radius 1 is 1.33 bits per heavy atom. The minimum atomic E-state index is -0.481. The van der Waals surface area contributed by atoms with Crippen LogP contribution >= 0.6 is 0 Å². The molecule has 3 rings (SSSR count). The van der Waals surface area contributed by atoms with Crippen molar-refractivity contribution in [3.8, 4) is 6.07 Å². The number of nitrogens with one attached hydrogen (secondary N) is 1. The van der Waals surface area contributed by atoms with E-state index < -0.39 is 5.91 Å². The van der Waals surface area contributed by atoms with Crippen LogP contribution in [0.25, 0.3) is 6.08 Å². The van der Waals surface area contributed by atoms with Gasteiger partial charge in [-0.05, 0) is 35.9 Å². The second kappa shape index (κ2) is 7.11. The zero-order chi connectivity index (χ0) is 16.8. The molecule has 0 atom stereocenters. The molecule has 2 heterocycles. The molecule has 1 amide bonds. The molecule has 0 bridgehead atoms. The molecule has 6 heteroatoms. The predicted molar refractivity (Wildman–Crippen MR) is 88.7 cm³/mol. The van der Waals surface area contributed by atoms with Crippen molar-refractivity contribution in [2.75, 3.05) is 5.32 Å². The molecule has 0 aliphatic heterocycles. The molecular weight excluding hydrogens is 304 g/mol. The third kappa shape index (κ3) is 3.78. The van der Waals surface area contributed by atoms with Gasteiger partial charge in [0.1, 0.15) is 17.4 Å². The van der Waals surface area contributed by atoms with Gasteiger partial charge in [-0.25, -0.2) is 0 Å². The van der Waals surface area contributed by atoms with Crippen LogP contribution in [0.3, 0.4) is 0 Å². The third-order valence-electron chi connectivity index (χ3n) is 3.28. The van der Waals surface area contributed by atoms with Crippen molar-refractivity contribution in [1.82, 2.24) is 9.78 Å². The highest BCUT2D eigenvalue weighted by molar-refractivity contribution is 6.09. The van der Waals surface area contributed by atoms with Crippen molar-refractivity contribution in [3.05, 3.63) is 78.0 Å². The zero-order valence-corrected chi connectivity index (χ0v) is 12.7. The Morgan fingerprint density at radius 2 is 2.25 bits per heavy atom. The number of hydrogen-bond acceptors (Lipinski definition) is 4. The first-order chi connectivity index (χ1) is 11.7. The lowest BCUT2D eigenvalue weighted by Crippen LogP contribution is -2.13. The van der Waals surface area contributed by atoms with E-state index in [9.17, 15) is 4.79 Å². The largest absolute Gasteiger partial charge is 0.465 e. The van der Waals surface area contributed by atoms with Crippen LogP contribution in [-0.4, -0.2) is 15.7 Å². The first-order valence-corrected chi connectivity index (χ1v) is 7.27. The summed E-state index contributed by atoms with van der Waals surface area (Å²) < 4.78 is 6.92. The van der Waals surface area contributed by atoms with Crippen LogP contribution in [0.5, 0.6) is 0 Å². The SMILES string of the molecule is N#CC(=Cc1ccco1)C(=O)Nc1cccc(Cn2cccn2)c1. The van der Waals surface area contributed by atoms with Gasteiger partial charge in [-0.3, -0.25) is 9.48 Å². The number of anilines is 1. The molecule has 0 aliphatic rings. The van der Waals surface area contributed by atoms with Crippen molar-refractivity contribution < 1.29 is 9.21 Å². The second-order valence-electron chi connectivity index (χ2n) is 5.04. The number of rotatable bonds is 5. The van der Waals surface area contributed by atoms with Gasteiger partial charge >= 0.3 is 0 Å². The number of benzene rings is 1.